The van der Waals surface area contributed by atoms with Crippen LogP contribution in [0.2, 0.25) is 0 Å². The van der Waals surface area contributed by atoms with Crippen LogP contribution in [0.5, 0.6) is 11.6 Å². The minimum atomic E-state index is -0.676. The summed E-state index contributed by atoms with van der Waals surface area (Å²) in [5.41, 5.74) is 2.27. The maximum atomic E-state index is 13.4. The molecule has 0 aliphatic heterocycles. The topological polar surface area (TPSA) is 69.0 Å². The number of aliphatic hydroxyl groups excluding tert-OH is 1. The van der Waals surface area contributed by atoms with E-state index in [1.165, 1.54) is 12.1 Å². The number of aliphatic hydroxyl groups is 1. The third-order valence-corrected chi connectivity index (χ3v) is 5.33. The van der Waals surface area contributed by atoms with Crippen LogP contribution in [0.25, 0.3) is 11.3 Å². The van der Waals surface area contributed by atoms with E-state index in [9.17, 15) is 9.50 Å². The van der Waals surface area contributed by atoms with Gasteiger partial charge in [0.1, 0.15) is 17.3 Å². The highest BCUT2D eigenvalue weighted by Crippen LogP contribution is 2.34. The first-order valence-corrected chi connectivity index (χ1v) is 11.7. The fraction of sp³-hybridized carbons (Fsp3) is 0.444. The van der Waals surface area contributed by atoms with Crippen LogP contribution in [-0.4, -0.2) is 64.9 Å². The third kappa shape index (κ3) is 8.14. The fourth-order valence-electron chi connectivity index (χ4n) is 3.64. The molecule has 2 aromatic carbocycles. The SMILES string of the molecule is COCCN(Cc1c(-c2ccccc2)nn(C)c1Oc1ccc(F)cc1)C[C@@H](O)COC(C)(C)C. The number of benzene rings is 2. The summed E-state index contributed by atoms with van der Waals surface area (Å²) >= 11 is 0. The predicted molar refractivity (Wildman–Crippen MR) is 134 cm³/mol. The molecule has 190 valence electrons. The summed E-state index contributed by atoms with van der Waals surface area (Å²) in [6, 6.07) is 15.8. The van der Waals surface area contributed by atoms with Gasteiger partial charge in [-0.25, -0.2) is 9.07 Å². The summed E-state index contributed by atoms with van der Waals surface area (Å²) in [4.78, 5) is 2.10. The van der Waals surface area contributed by atoms with Gasteiger partial charge in [-0.2, -0.15) is 5.10 Å². The van der Waals surface area contributed by atoms with Crippen molar-refractivity contribution in [2.45, 2.75) is 39.0 Å². The normalized spacial score (nSPS) is 12.8. The third-order valence-electron chi connectivity index (χ3n) is 5.33. The van der Waals surface area contributed by atoms with E-state index in [4.69, 9.17) is 19.3 Å². The second kappa shape index (κ2) is 12.3. The molecule has 1 atom stereocenters. The Kier molecular flexibility index (Phi) is 9.40. The highest BCUT2D eigenvalue weighted by atomic mass is 19.1. The molecule has 1 heterocycles. The Balaban J connectivity index is 1.92. The van der Waals surface area contributed by atoms with Crippen LogP contribution in [0.4, 0.5) is 4.39 Å². The van der Waals surface area contributed by atoms with Gasteiger partial charge in [-0.05, 0) is 45.0 Å². The van der Waals surface area contributed by atoms with E-state index in [-0.39, 0.29) is 18.0 Å². The van der Waals surface area contributed by atoms with Gasteiger partial charge in [0.15, 0.2) is 0 Å². The zero-order valence-corrected chi connectivity index (χ0v) is 21.2. The fourth-order valence-corrected chi connectivity index (χ4v) is 3.64. The molecule has 7 nitrogen and oxygen atoms in total. The van der Waals surface area contributed by atoms with Crippen molar-refractivity contribution in [1.82, 2.24) is 14.7 Å². The average Bonchev–Trinajstić information content (AvgIpc) is 3.12. The summed E-state index contributed by atoms with van der Waals surface area (Å²) in [6.07, 6.45) is -0.676. The molecule has 1 aromatic heterocycles. The van der Waals surface area contributed by atoms with Crippen LogP contribution in [0.1, 0.15) is 26.3 Å². The number of rotatable bonds is 12. The van der Waals surface area contributed by atoms with Gasteiger partial charge >= 0.3 is 0 Å². The Morgan fingerprint density at radius 1 is 1.09 bits per heavy atom. The monoisotopic (exact) mass is 485 g/mol. The van der Waals surface area contributed by atoms with Crippen LogP contribution in [0.3, 0.4) is 0 Å². The molecule has 0 amide bonds. The maximum Gasteiger partial charge on any atom is 0.222 e. The molecular weight excluding hydrogens is 449 g/mol. The Morgan fingerprint density at radius 3 is 2.40 bits per heavy atom. The summed E-state index contributed by atoms with van der Waals surface area (Å²) in [7, 11) is 3.47. The lowest BCUT2D eigenvalue weighted by atomic mass is 10.1. The molecule has 0 radical (unpaired) electrons. The first-order valence-electron chi connectivity index (χ1n) is 11.7. The quantitative estimate of drug-likeness (QED) is 0.403. The smallest absolute Gasteiger partial charge is 0.222 e. The number of hydrogen-bond acceptors (Lipinski definition) is 6. The summed E-state index contributed by atoms with van der Waals surface area (Å²) < 4.78 is 32.4. The minimum absolute atomic E-state index is 0.227. The zero-order valence-electron chi connectivity index (χ0n) is 21.2. The first kappa shape index (κ1) is 26.8. The molecule has 0 saturated heterocycles. The van der Waals surface area contributed by atoms with Crippen molar-refractivity contribution in [3.05, 3.63) is 66.0 Å². The number of aryl methyl sites for hydroxylation is 1. The second-order valence-electron chi connectivity index (χ2n) is 9.48. The molecule has 0 fully saturated rings. The van der Waals surface area contributed by atoms with Crippen LogP contribution < -0.4 is 4.74 Å². The standard InChI is InChI=1S/C27H36FN3O4/c1-27(2,3)34-19-22(32)17-31(15-16-33-5)18-24-25(20-9-7-6-8-10-20)29-30(4)26(24)35-23-13-11-21(28)12-14-23/h6-14,22,32H,15-19H2,1-5H3/t22-/m1/s1. The number of methoxy groups -OCH3 is 1. The Morgan fingerprint density at radius 2 is 1.77 bits per heavy atom. The molecule has 0 bridgehead atoms. The molecule has 8 heteroatoms. The van der Waals surface area contributed by atoms with Gasteiger partial charge in [-0.1, -0.05) is 30.3 Å². The zero-order chi connectivity index (χ0) is 25.4. The van der Waals surface area contributed by atoms with Gasteiger partial charge in [0.2, 0.25) is 5.88 Å². The minimum Gasteiger partial charge on any atom is -0.439 e. The van der Waals surface area contributed by atoms with E-state index in [2.05, 4.69) is 4.90 Å². The lowest BCUT2D eigenvalue weighted by molar-refractivity contribution is -0.0576. The highest BCUT2D eigenvalue weighted by molar-refractivity contribution is 5.65. The van der Waals surface area contributed by atoms with E-state index in [0.29, 0.717) is 37.9 Å². The Bertz CT molecular complexity index is 1050. The number of nitrogens with zero attached hydrogens (tertiary/aromatic N) is 3. The molecular formula is C27H36FN3O4. The molecule has 3 rings (SSSR count). The van der Waals surface area contributed by atoms with Crippen molar-refractivity contribution < 1.29 is 23.7 Å². The van der Waals surface area contributed by atoms with E-state index in [0.717, 1.165) is 16.8 Å². The van der Waals surface area contributed by atoms with Gasteiger partial charge in [-0.15, -0.1) is 0 Å². The van der Waals surface area contributed by atoms with Crippen molar-refractivity contribution >= 4 is 0 Å². The molecule has 1 N–H and O–H groups in total. The summed E-state index contributed by atoms with van der Waals surface area (Å²) in [5.74, 6) is 0.736. The summed E-state index contributed by atoms with van der Waals surface area (Å²) in [5, 5.41) is 15.4. The highest BCUT2D eigenvalue weighted by Gasteiger charge is 2.24. The van der Waals surface area contributed by atoms with Crippen LogP contribution >= 0.6 is 0 Å². The number of ether oxygens (including phenoxy) is 3. The summed E-state index contributed by atoms with van der Waals surface area (Å²) in [6.45, 7) is 8.06. The Hall–Kier alpha value is -2.78. The molecule has 3 aromatic rings. The van der Waals surface area contributed by atoms with Crippen molar-refractivity contribution in [1.29, 1.82) is 0 Å². The number of aromatic nitrogens is 2. The molecule has 0 spiro atoms. The van der Waals surface area contributed by atoms with Crippen LogP contribution in [0, 0.1) is 5.82 Å². The maximum absolute atomic E-state index is 13.4. The number of halogens is 1. The average molecular weight is 486 g/mol. The predicted octanol–water partition coefficient (Wildman–Crippen LogP) is 4.64. The van der Waals surface area contributed by atoms with E-state index in [1.54, 1.807) is 23.9 Å². The van der Waals surface area contributed by atoms with Gasteiger partial charge in [0.05, 0.1) is 30.5 Å². The van der Waals surface area contributed by atoms with Crippen molar-refractivity contribution in [2.75, 3.05) is 33.4 Å². The van der Waals surface area contributed by atoms with Crippen molar-refractivity contribution in [3.8, 4) is 22.9 Å². The van der Waals surface area contributed by atoms with Crippen molar-refractivity contribution in [2.24, 2.45) is 7.05 Å². The van der Waals surface area contributed by atoms with Gasteiger partial charge < -0.3 is 19.3 Å². The van der Waals surface area contributed by atoms with E-state index >= 15 is 0 Å². The van der Waals surface area contributed by atoms with Gasteiger partial charge in [0, 0.05) is 39.4 Å². The molecule has 0 unspecified atom stereocenters. The second-order valence-corrected chi connectivity index (χ2v) is 9.48. The first-order chi connectivity index (χ1) is 16.7. The van der Waals surface area contributed by atoms with E-state index < -0.39 is 6.10 Å². The molecule has 0 saturated carbocycles. The Labute approximate surface area is 207 Å². The largest absolute Gasteiger partial charge is 0.439 e. The lowest BCUT2D eigenvalue weighted by Crippen LogP contribution is -2.38. The lowest BCUT2D eigenvalue weighted by Gasteiger charge is -2.27. The molecule has 0 aliphatic carbocycles. The van der Waals surface area contributed by atoms with E-state index in [1.807, 2.05) is 58.2 Å². The van der Waals surface area contributed by atoms with Crippen LogP contribution in [-0.2, 0) is 23.1 Å². The van der Waals surface area contributed by atoms with Crippen molar-refractivity contribution in [3.63, 3.8) is 0 Å². The van der Waals surface area contributed by atoms with Gasteiger partial charge in [-0.3, -0.25) is 4.90 Å². The molecule has 0 aliphatic rings. The molecule has 35 heavy (non-hydrogen) atoms. The van der Waals surface area contributed by atoms with Gasteiger partial charge in [0.25, 0.3) is 0 Å². The number of hydrogen-bond donors (Lipinski definition) is 1. The van der Waals surface area contributed by atoms with Crippen LogP contribution in [0.15, 0.2) is 54.6 Å².